The molecule has 0 amide bonds. The zero-order valence-electron chi connectivity index (χ0n) is 11.4. The van der Waals surface area contributed by atoms with Crippen molar-refractivity contribution in [3.8, 4) is 5.75 Å². The van der Waals surface area contributed by atoms with Gasteiger partial charge in [0.15, 0.2) is 0 Å². The molecule has 0 saturated carbocycles. The Hall–Kier alpha value is -1.26. The van der Waals surface area contributed by atoms with Crippen LogP contribution in [0.25, 0.3) is 0 Å². The van der Waals surface area contributed by atoms with E-state index < -0.39 is 0 Å². The fourth-order valence-electron chi connectivity index (χ4n) is 2.12. The molecule has 102 valence electrons. The number of halogens is 1. The highest BCUT2D eigenvalue weighted by Gasteiger charge is 2.19. The number of methoxy groups -OCH3 is 1. The molecule has 0 aliphatic rings. The van der Waals surface area contributed by atoms with Gasteiger partial charge >= 0.3 is 0 Å². The van der Waals surface area contributed by atoms with Gasteiger partial charge in [0.05, 0.1) is 25.7 Å². The summed E-state index contributed by atoms with van der Waals surface area (Å²) < 4.78 is 11.8. The average Bonchev–Trinajstić information content (AvgIpc) is 2.92. The van der Waals surface area contributed by atoms with E-state index in [0.29, 0.717) is 0 Å². The maximum absolute atomic E-state index is 5.52. The Bertz CT molecular complexity index is 537. The molecular weight excluding hydrogens is 306 g/mol. The molecule has 0 bridgehead atoms. The van der Waals surface area contributed by atoms with Crippen molar-refractivity contribution in [2.24, 2.45) is 0 Å². The van der Waals surface area contributed by atoms with Crippen LogP contribution in [-0.2, 0) is 0 Å². The van der Waals surface area contributed by atoms with Crippen LogP contribution in [0.15, 0.2) is 39.6 Å². The SMILES string of the molecule is CCNC(c1ccoc1)c1cc(Br)c(C)cc1OC. The Morgan fingerprint density at radius 3 is 2.79 bits per heavy atom. The molecule has 0 radical (unpaired) electrons. The van der Waals surface area contributed by atoms with Crippen molar-refractivity contribution in [3.63, 3.8) is 0 Å². The van der Waals surface area contributed by atoms with Crippen molar-refractivity contribution in [2.45, 2.75) is 19.9 Å². The zero-order valence-corrected chi connectivity index (χ0v) is 13.0. The standard InChI is InChI=1S/C15H18BrNO2/c1-4-17-15(11-5-6-19-9-11)12-8-13(16)10(2)7-14(12)18-3/h5-9,15,17H,4H2,1-3H3. The highest BCUT2D eigenvalue weighted by Crippen LogP contribution is 2.34. The first-order chi connectivity index (χ1) is 9.17. The zero-order chi connectivity index (χ0) is 13.8. The number of hydrogen-bond acceptors (Lipinski definition) is 3. The minimum Gasteiger partial charge on any atom is -0.496 e. The fourth-order valence-corrected chi connectivity index (χ4v) is 2.48. The van der Waals surface area contributed by atoms with Crippen molar-refractivity contribution in [1.82, 2.24) is 5.32 Å². The van der Waals surface area contributed by atoms with Gasteiger partial charge in [-0.15, -0.1) is 0 Å². The number of hydrogen-bond donors (Lipinski definition) is 1. The summed E-state index contributed by atoms with van der Waals surface area (Å²) in [7, 11) is 1.70. The Morgan fingerprint density at radius 1 is 1.42 bits per heavy atom. The first kappa shape index (κ1) is 14.2. The molecule has 1 aromatic heterocycles. The lowest BCUT2D eigenvalue weighted by Crippen LogP contribution is -2.22. The number of benzene rings is 1. The second-order valence-electron chi connectivity index (χ2n) is 4.39. The van der Waals surface area contributed by atoms with Gasteiger partial charge in [-0.2, -0.15) is 0 Å². The molecule has 1 atom stereocenters. The molecule has 1 aromatic carbocycles. The van der Waals surface area contributed by atoms with E-state index in [-0.39, 0.29) is 6.04 Å². The second-order valence-corrected chi connectivity index (χ2v) is 5.25. The molecule has 1 N–H and O–H groups in total. The van der Waals surface area contributed by atoms with E-state index in [0.717, 1.165) is 33.5 Å². The van der Waals surface area contributed by atoms with Gasteiger partial charge < -0.3 is 14.5 Å². The van der Waals surface area contributed by atoms with Gasteiger partial charge in [-0.05, 0) is 37.2 Å². The number of rotatable bonds is 5. The first-order valence-corrected chi connectivity index (χ1v) is 7.06. The maximum Gasteiger partial charge on any atom is 0.124 e. The number of nitrogens with one attached hydrogen (secondary N) is 1. The van der Waals surface area contributed by atoms with Crippen LogP contribution in [0.1, 0.15) is 29.7 Å². The van der Waals surface area contributed by atoms with Gasteiger partial charge in [0, 0.05) is 15.6 Å². The minimum atomic E-state index is 0.0654. The lowest BCUT2D eigenvalue weighted by Gasteiger charge is -2.20. The minimum absolute atomic E-state index is 0.0654. The van der Waals surface area contributed by atoms with Crippen LogP contribution in [-0.4, -0.2) is 13.7 Å². The van der Waals surface area contributed by atoms with Crippen molar-refractivity contribution >= 4 is 15.9 Å². The normalized spacial score (nSPS) is 12.4. The van der Waals surface area contributed by atoms with Crippen LogP contribution in [0, 0.1) is 6.92 Å². The van der Waals surface area contributed by atoms with Crippen LogP contribution in [0.5, 0.6) is 5.75 Å². The summed E-state index contributed by atoms with van der Waals surface area (Å²) in [4.78, 5) is 0. The smallest absolute Gasteiger partial charge is 0.124 e. The van der Waals surface area contributed by atoms with E-state index in [2.05, 4.69) is 41.2 Å². The molecule has 0 aliphatic heterocycles. The topological polar surface area (TPSA) is 34.4 Å². The third kappa shape index (κ3) is 3.01. The predicted octanol–water partition coefficient (Wildman–Crippen LogP) is 4.06. The van der Waals surface area contributed by atoms with Crippen LogP contribution < -0.4 is 10.1 Å². The summed E-state index contributed by atoms with van der Waals surface area (Å²) in [5, 5.41) is 3.46. The van der Waals surface area contributed by atoms with Crippen LogP contribution in [0.2, 0.25) is 0 Å². The van der Waals surface area contributed by atoms with Gasteiger partial charge in [0.2, 0.25) is 0 Å². The van der Waals surface area contributed by atoms with Crippen molar-refractivity contribution < 1.29 is 9.15 Å². The molecule has 0 fully saturated rings. The summed E-state index contributed by atoms with van der Waals surface area (Å²) in [6.45, 7) is 5.00. The number of ether oxygens (including phenoxy) is 1. The molecule has 0 saturated heterocycles. The molecule has 0 spiro atoms. The lowest BCUT2D eigenvalue weighted by atomic mass is 9.99. The van der Waals surface area contributed by atoms with E-state index >= 15 is 0 Å². The Kier molecular flexibility index (Phi) is 4.66. The monoisotopic (exact) mass is 323 g/mol. The molecule has 19 heavy (non-hydrogen) atoms. The molecule has 0 aliphatic carbocycles. The largest absolute Gasteiger partial charge is 0.496 e. The van der Waals surface area contributed by atoms with E-state index in [9.17, 15) is 0 Å². The third-order valence-electron chi connectivity index (χ3n) is 3.11. The quantitative estimate of drug-likeness (QED) is 0.901. The van der Waals surface area contributed by atoms with E-state index in [1.807, 2.05) is 12.1 Å². The van der Waals surface area contributed by atoms with Gasteiger partial charge in [0.1, 0.15) is 5.75 Å². The summed E-state index contributed by atoms with van der Waals surface area (Å²) in [5.41, 5.74) is 3.35. The Morgan fingerprint density at radius 2 is 2.21 bits per heavy atom. The van der Waals surface area contributed by atoms with Gasteiger partial charge in [0.25, 0.3) is 0 Å². The fraction of sp³-hybridized carbons (Fsp3) is 0.333. The third-order valence-corrected chi connectivity index (χ3v) is 3.96. The van der Waals surface area contributed by atoms with Gasteiger partial charge in [-0.25, -0.2) is 0 Å². The Labute approximate surface area is 122 Å². The van der Waals surface area contributed by atoms with E-state index in [1.54, 1.807) is 19.6 Å². The highest BCUT2D eigenvalue weighted by atomic mass is 79.9. The molecular formula is C15H18BrNO2. The summed E-state index contributed by atoms with van der Waals surface area (Å²) in [6.07, 6.45) is 3.45. The molecule has 2 rings (SSSR count). The van der Waals surface area contributed by atoms with Gasteiger partial charge in [-0.3, -0.25) is 0 Å². The van der Waals surface area contributed by atoms with E-state index in [1.165, 1.54) is 0 Å². The average molecular weight is 324 g/mol. The van der Waals surface area contributed by atoms with Crippen molar-refractivity contribution in [2.75, 3.05) is 13.7 Å². The first-order valence-electron chi connectivity index (χ1n) is 6.26. The molecule has 4 heteroatoms. The van der Waals surface area contributed by atoms with E-state index in [4.69, 9.17) is 9.15 Å². The van der Waals surface area contributed by atoms with Crippen LogP contribution >= 0.6 is 15.9 Å². The van der Waals surface area contributed by atoms with Crippen LogP contribution in [0.4, 0.5) is 0 Å². The maximum atomic E-state index is 5.52. The lowest BCUT2D eigenvalue weighted by molar-refractivity contribution is 0.403. The summed E-state index contributed by atoms with van der Waals surface area (Å²) in [6, 6.07) is 6.19. The molecule has 2 aromatic rings. The highest BCUT2D eigenvalue weighted by molar-refractivity contribution is 9.10. The number of aryl methyl sites for hydroxylation is 1. The Balaban J connectivity index is 2.50. The predicted molar refractivity (Wildman–Crippen MR) is 79.7 cm³/mol. The van der Waals surface area contributed by atoms with Crippen LogP contribution in [0.3, 0.4) is 0 Å². The van der Waals surface area contributed by atoms with Gasteiger partial charge in [-0.1, -0.05) is 22.9 Å². The summed E-state index contributed by atoms with van der Waals surface area (Å²) in [5.74, 6) is 0.882. The van der Waals surface area contributed by atoms with Crippen molar-refractivity contribution in [3.05, 3.63) is 51.9 Å². The van der Waals surface area contributed by atoms with Crippen molar-refractivity contribution in [1.29, 1.82) is 0 Å². The molecule has 3 nitrogen and oxygen atoms in total. The molecule has 1 heterocycles. The second kappa shape index (κ2) is 6.26. The summed E-state index contributed by atoms with van der Waals surface area (Å²) >= 11 is 3.59. The molecule has 1 unspecified atom stereocenters. The number of furan rings is 1.